The summed E-state index contributed by atoms with van der Waals surface area (Å²) in [6.45, 7) is 2.89. The number of halogens is 1. The fraction of sp³-hybridized carbons (Fsp3) is 0.647. The van der Waals surface area contributed by atoms with Crippen LogP contribution in [0.1, 0.15) is 19.1 Å². The number of aliphatic hydroxyl groups excluding tert-OH is 2. The van der Waals surface area contributed by atoms with Crippen LogP contribution >= 0.6 is 12.4 Å². The summed E-state index contributed by atoms with van der Waals surface area (Å²) in [5.74, 6) is 0.290. The Hall–Kier alpha value is -2.29. The molecule has 3 heterocycles. The van der Waals surface area contributed by atoms with Crippen LogP contribution in [-0.2, 0) is 4.74 Å². The van der Waals surface area contributed by atoms with Crippen molar-refractivity contribution < 1.29 is 14.9 Å². The van der Waals surface area contributed by atoms with E-state index in [1.807, 2.05) is 0 Å². The summed E-state index contributed by atoms with van der Waals surface area (Å²) in [6.07, 6.45) is 0.631. The van der Waals surface area contributed by atoms with Gasteiger partial charge in [0.05, 0.1) is 6.33 Å². The van der Waals surface area contributed by atoms with Crippen LogP contribution in [0.2, 0.25) is 0 Å². The zero-order valence-electron chi connectivity index (χ0n) is 17.1. The van der Waals surface area contributed by atoms with Crippen LogP contribution in [-0.4, -0.2) is 91.6 Å². The second-order valence-electron chi connectivity index (χ2n) is 7.23. The summed E-state index contributed by atoms with van der Waals surface area (Å²) in [5.41, 5.74) is 23.0. The van der Waals surface area contributed by atoms with Gasteiger partial charge in [0.15, 0.2) is 23.7 Å². The van der Waals surface area contributed by atoms with Crippen molar-refractivity contribution in [1.82, 2.24) is 24.4 Å². The maximum atomic E-state index is 10.6. The van der Waals surface area contributed by atoms with Gasteiger partial charge in [-0.25, -0.2) is 15.0 Å². The lowest BCUT2D eigenvalue weighted by atomic mass is 10.1. The molecule has 31 heavy (non-hydrogen) atoms. The first-order valence-electron chi connectivity index (χ1n) is 9.84. The highest BCUT2D eigenvalue weighted by Gasteiger charge is 2.44. The molecule has 1 fully saturated rings. The number of nitrogens with zero attached hydrogens (tertiary/aromatic N) is 6. The van der Waals surface area contributed by atoms with Gasteiger partial charge in [0.2, 0.25) is 0 Å². The third kappa shape index (κ3) is 5.90. The largest absolute Gasteiger partial charge is 0.387 e. The molecule has 1 aliphatic rings. The average Bonchev–Trinajstić information content (AvgIpc) is 3.26. The number of nitrogens with two attached hydrogens (primary N) is 4. The summed E-state index contributed by atoms with van der Waals surface area (Å²) >= 11 is 0. The van der Waals surface area contributed by atoms with Crippen molar-refractivity contribution in [3.05, 3.63) is 12.7 Å². The number of aliphatic imine (C=N–C) groups is 1. The summed E-state index contributed by atoms with van der Waals surface area (Å²) in [7, 11) is 0. The van der Waals surface area contributed by atoms with E-state index in [0.29, 0.717) is 37.3 Å². The Balaban J connectivity index is 0.00000341. The molecule has 13 nitrogen and oxygen atoms in total. The first-order chi connectivity index (χ1) is 14.4. The normalized spacial score (nSPS) is 23.2. The highest BCUT2D eigenvalue weighted by molar-refractivity contribution is 5.85. The van der Waals surface area contributed by atoms with E-state index in [1.165, 1.54) is 12.7 Å². The minimum absolute atomic E-state index is 0. The number of imidazole rings is 1. The molecule has 2 aromatic rings. The summed E-state index contributed by atoms with van der Waals surface area (Å²) in [5, 5.41) is 21.2. The minimum atomic E-state index is -1.15. The van der Waals surface area contributed by atoms with Gasteiger partial charge in [0.1, 0.15) is 30.2 Å². The summed E-state index contributed by atoms with van der Waals surface area (Å²) in [4.78, 5) is 18.4. The average molecular weight is 459 g/mol. The lowest BCUT2D eigenvalue weighted by molar-refractivity contribution is -0.0442. The predicted octanol–water partition coefficient (Wildman–Crippen LogP) is -2.24. The van der Waals surface area contributed by atoms with Crippen molar-refractivity contribution in [2.45, 2.75) is 37.4 Å². The van der Waals surface area contributed by atoms with Crippen LogP contribution in [0.25, 0.3) is 11.2 Å². The molecule has 0 bridgehead atoms. The number of fused-ring (bicyclic) bond motifs is 1. The van der Waals surface area contributed by atoms with Crippen LogP contribution in [0.3, 0.4) is 0 Å². The standard InChI is InChI=1S/C17H30N10O3.ClH/c18-3-1-5-26(6-2-4-22-17(20)21)7-10-12(28)13(29)16(30-10)27-9-25-11-14(19)23-8-24-15(11)27;/h8-10,12-13,16,28-29H,1-7,18H2,(H2,19,23,24)(H4,20,21,22);1H/t10-,12-,13-,16-;/m1./s1. The second kappa shape index (κ2) is 11.4. The molecule has 0 amide bonds. The van der Waals surface area contributed by atoms with Crippen molar-refractivity contribution >= 4 is 35.3 Å². The third-order valence-electron chi connectivity index (χ3n) is 5.04. The number of nitrogen functional groups attached to an aromatic ring is 1. The van der Waals surface area contributed by atoms with Crippen molar-refractivity contribution in [1.29, 1.82) is 0 Å². The first kappa shape index (κ1) is 25.0. The number of aromatic nitrogens is 4. The molecule has 1 saturated heterocycles. The zero-order valence-corrected chi connectivity index (χ0v) is 17.9. The Morgan fingerprint density at radius 2 is 1.90 bits per heavy atom. The number of guanidine groups is 1. The van der Waals surface area contributed by atoms with E-state index in [1.54, 1.807) is 4.57 Å². The van der Waals surface area contributed by atoms with E-state index < -0.39 is 24.5 Å². The van der Waals surface area contributed by atoms with Gasteiger partial charge in [-0.1, -0.05) is 0 Å². The van der Waals surface area contributed by atoms with Crippen molar-refractivity contribution in [3.8, 4) is 0 Å². The number of rotatable bonds is 10. The summed E-state index contributed by atoms with van der Waals surface area (Å²) < 4.78 is 7.57. The molecule has 0 aromatic carbocycles. The quantitative estimate of drug-likeness (QED) is 0.127. The molecular weight excluding hydrogens is 428 g/mol. The van der Waals surface area contributed by atoms with Crippen LogP contribution in [0.5, 0.6) is 0 Å². The molecule has 174 valence electrons. The highest BCUT2D eigenvalue weighted by Crippen LogP contribution is 2.32. The highest BCUT2D eigenvalue weighted by atomic mass is 35.5. The van der Waals surface area contributed by atoms with Crippen LogP contribution < -0.4 is 22.9 Å². The number of anilines is 1. The molecule has 0 aliphatic carbocycles. The van der Waals surface area contributed by atoms with Gasteiger partial charge in [-0.05, 0) is 25.9 Å². The monoisotopic (exact) mass is 458 g/mol. The van der Waals surface area contributed by atoms with Gasteiger partial charge < -0.3 is 42.8 Å². The first-order valence-corrected chi connectivity index (χ1v) is 9.84. The SMILES string of the molecule is Cl.NCCCN(CCCN=C(N)N)C[C@H]1O[C@@H](n2cnc3c(N)ncnc32)[C@H](O)[C@@H]1O. The fourth-order valence-corrected chi connectivity index (χ4v) is 3.53. The van der Waals surface area contributed by atoms with Gasteiger partial charge in [0, 0.05) is 19.6 Å². The van der Waals surface area contributed by atoms with E-state index in [0.717, 1.165) is 19.4 Å². The Bertz CT molecular complexity index is 862. The zero-order chi connectivity index (χ0) is 21.7. The van der Waals surface area contributed by atoms with Crippen molar-refractivity contribution in [3.63, 3.8) is 0 Å². The molecule has 3 rings (SSSR count). The van der Waals surface area contributed by atoms with E-state index in [9.17, 15) is 10.2 Å². The molecule has 1 aliphatic heterocycles. The number of hydrogen-bond acceptors (Lipinski definition) is 10. The minimum Gasteiger partial charge on any atom is -0.387 e. The number of ether oxygens (including phenoxy) is 1. The lowest BCUT2D eigenvalue weighted by Crippen LogP contribution is -2.41. The maximum Gasteiger partial charge on any atom is 0.185 e. The smallest absolute Gasteiger partial charge is 0.185 e. The van der Waals surface area contributed by atoms with Gasteiger partial charge in [-0.2, -0.15) is 0 Å². The van der Waals surface area contributed by atoms with E-state index >= 15 is 0 Å². The topological polar surface area (TPSA) is 213 Å². The van der Waals surface area contributed by atoms with Gasteiger partial charge in [-0.3, -0.25) is 9.56 Å². The Kier molecular flexibility index (Phi) is 9.15. The molecular formula is C17H31ClN10O3. The maximum absolute atomic E-state index is 10.6. The molecule has 0 unspecified atom stereocenters. The van der Waals surface area contributed by atoms with E-state index in [2.05, 4.69) is 24.8 Å². The molecule has 0 radical (unpaired) electrons. The molecule has 2 aromatic heterocycles. The van der Waals surface area contributed by atoms with E-state index in [-0.39, 0.29) is 24.2 Å². The molecule has 14 heteroatoms. The number of aliphatic hydroxyl groups is 2. The van der Waals surface area contributed by atoms with Gasteiger partial charge in [-0.15, -0.1) is 12.4 Å². The Labute approximate surface area is 185 Å². The van der Waals surface area contributed by atoms with Gasteiger partial charge in [0.25, 0.3) is 0 Å². The van der Waals surface area contributed by atoms with E-state index in [4.69, 9.17) is 27.7 Å². The number of hydrogen-bond donors (Lipinski definition) is 6. The van der Waals surface area contributed by atoms with Crippen molar-refractivity contribution in [2.75, 3.05) is 38.5 Å². The summed E-state index contributed by atoms with van der Waals surface area (Å²) in [6, 6.07) is 0. The van der Waals surface area contributed by atoms with Crippen molar-refractivity contribution in [2.24, 2.45) is 22.2 Å². The second-order valence-corrected chi connectivity index (χ2v) is 7.23. The Morgan fingerprint density at radius 3 is 2.61 bits per heavy atom. The van der Waals surface area contributed by atoms with Crippen LogP contribution in [0.4, 0.5) is 5.82 Å². The fourth-order valence-electron chi connectivity index (χ4n) is 3.53. The Morgan fingerprint density at radius 1 is 1.16 bits per heavy atom. The molecule has 10 N–H and O–H groups in total. The van der Waals surface area contributed by atoms with Gasteiger partial charge >= 0.3 is 0 Å². The lowest BCUT2D eigenvalue weighted by Gasteiger charge is -2.26. The third-order valence-corrected chi connectivity index (χ3v) is 5.04. The molecule has 4 atom stereocenters. The molecule has 0 saturated carbocycles. The molecule has 0 spiro atoms. The predicted molar refractivity (Wildman–Crippen MR) is 118 cm³/mol. The van der Waals surface area contributed by atoms with Crippen LogP contribution in [0, 0.1) is 0 Å². The van der Waals surface area contributed by atoms with Crippen LogP contribution in [0.15, 0.2) is 17.6 Å².